The molecule has 4 amide bonds. The topological polar surface area (TPSA) is 81.8 Å². The number of benzene rings is 2. The average Bonchev–Trinajstić information content (AvgIpc) is 3.35. The van der Waals surface area contributed by atoms with Crippen molar-refractivity contribution in [2.75, 3.05) is 36.8 Å². The minimum absolute atomic E-state index is 0.0885. The number of halogens is 1. The first-order chi connectivity index (χ1) is 15.5. The number of carbonyl (C=O) groups is 3. The second-order valence-corrected chi connectivity index (χ2v) is 8.67. The number of carbonyl (C=O) groups excluding carboxylic acids is 3. The van der Waals surface area contributed by atoms with Crippen LogP contribution in [0.3, 0.4) is 0 Å². The lowest BCUT2D eigenvalue weighted by atomic mass is 9.95. The molecule has 4 rings (SSSR count). The Morgan fingerprint density at radius 2 is 1.44 bits per heavy atom. The Hall–Kier alpha value is -3.06. The van der Waals surface area contributed by atoms with E-state index in [0.29, 0.717) is 47.9 Å². The van der Waals surface area contributed by atoms with Crippen molar-refractivity contribution in [2.45, 2.75) is 25.7 Å². The third-order valence-corrected chi connectivity index (χ3v) is 6.30. The zero-order chi connectivity index (χ0) is 22.5. The first-order valence-corrected chi connectivity index (χ1v) is 11.4. The van der Waals surface area contributed by atoms with Crippen LogP contribution in [0.15, 0.2) is 48.5 Å². The fourth-order valence-corrected chi connectivity index (χ4v) is 4.32. The van der Waals surface area contributed by atoms with E-state index in [9.17, 15) is 14.4 Å². The van der Waals surface area contributed by atoms with Gasteiger partial charge in [-0.15, -0.1) is 0 Å². The fraction of sp³-hybridized carbons (Fsp3) is 0.375. The number of amides is 4. The number of urea groups is 1. The van der Waals surface area contributed by atoms with Crippen LogP contribution in [0.4, 0.5) is 16.2 Å². The van der Waals surface area contributed by atoms with Crippen molar-refractivity contribution >= 4 is 40.8 Å². The first-order valence-electron chi connectivity index (χ1n) is 11.0. The van der Waals surface area contributed by atoms with Gasteiger partial charge in [0.05, 0.1) is 11.3 Å². The van der Waals surface area contributed by atoms with Gasteiger partial charge in [0.2, 0.25) is 5.91 Å². The van der Waals surface area contributed by atoms with Gasteiger partial charge in [-0.05, 0) is 62.1 Å². The van der Waals surface area contributed by atoms with Gasteiger partial charge in [0, 0.05) is 42.8 Å². The predicted molar refractivity (Wildman–Crippen MR) is 125 cm³/mol. The van der Waals surface area contributed by atoms with E-state index in [4.69, 9.17) is 11.6 Å². The molecule has 2 fully saturated rings. The molecule has 2 aromatic rings. The van der Waals surface area contributed by atoms with Crippen LogP contribution in [-0.4, -0.2) is 53.8 Å². The van der Waals surface area contributed by atoms with Crippen LogP contribution >= 0.6 is 11.6 Å². The minimum atomic E-state index is -0.311. The summed E-state index contributed by atoms with van der Waals surface area (Å²) in [5.74, 6) is -0.621. The lowest BCUT2D eigenvalue weighted by Gasteiger charge is -2.34. The molecule has 2 aliphatic heterocycles. The van der Waals surface area contributed by atoms with E-state index in [1.165, 1.54) is 0 Å². The van der Waals surface area contributed by atoms with Crippen molar-refractivity contribution in [3.8, 4) is 0 Å². The number of nitrogens with zero attached hydrogens (tertiary/aromatic N) is 2. The normalized spacial score (nSPS) is 16.7. The van der Waals surface area contributed by atoms with Gasteiger partial charge in [-0.25, -0.2) is 4.79 Å². The second kappa shape index (κ2) is 10.0. The molecule has 0 radical (unpaired) electrons. The molecule has 7 nitrogen and oxygen atoms in total. The molecule has 0 bridgehead atoms. The third-order valence-electron chi connectivity index (χ3n) is 6.04. The Labute approximate surface area is 192 Å². The van der Waals surface area contributed by atoms with Crippen molar-refractivity contribution in [1.82, 2.24) is 9.80 Å². The zero-order valence-corrected chi connectivity index (χ0v) is 18.6. The molecule has 8 heteroatoms. The number of hydrogen-bond acceptors (Lipinski definition) is 3. The molecule has 2 aromatic carbocycles. The van der Waals surface area contributed by atoms with E-state index >= 15 is 0 Å². The zero-order valence-electron chi connectivity index (χ0n) is 17.9. The summed E-state index contributed by atoms with van der Waals surface area (Å²) in [6.07, 6.45) is 3.36. The highest BCUT2D eigenvalue weighted by atomic mass is 35.5. The number of hydrogen-bond donors (Lipinski definition) is 2. The molecule has 0 unspecified atom stereocenters. The van der Waals surface area contributed by atoms with Crippen LogP contribution < -0.4 is 10.6 Å². The van der Waals surface area contributed by atoms with Crippen molar-refractivity contribution in [2.24, 2.45) is 5.92 Å². The van der Waals surface area contributed by atoms with Crippen molar-refractivity contribution < 1.29 is 14.4 Å². The second-order valence-electron chi connectivity index (χ2n) is 8.23. The maximum Gasteiger partial charge on any atom is 0.319 e. The highest BCUT2D eigenvalue weighted by Crippen LogP contribution is 2.24. The minimum Gasteiger partial charge on any atom is -0.325 e. The number of likely N-dealkylation sites (tertiary alicyclic amines) is 2. The Morgan fingerprint density at radius 1 is 0.812 bits per heavy atom. The van der Waals surface area contributed by atoms with Crippen LogP contribution in [0.25, 0.3) is 0 Å². The van der Waals surface area contributed by atoms with Gasteiger partial charge in [-0.1, -0.05) is 23.7 Å². The SMILES string of the molecule is O=C(Nc1ccc(Cl)cc1)c1ccccc1NC(=O)C1CCN(C(=O)N2CCCC2)CC1. The maximum atomic E-state index is 12.9. The molecule has 0 saturated carbocycles. The molecule has 168 valence electrons. The summed E-state index contributed by atoms with van der Waals surface area (Å²) in [5, 5.41) is 6.33. The summed E-state index contributed by atoms with van der Waals surface area (Å²) in [6.45, 7) is 2.81. The predicted octanol–water partition coefficient (Wildman–Crippen LogP) is 4.46. The number of rotatable bonds is 4. The average molecular weight is 455 g/mol. The van der Waals surface area contributed by atoms with Gasteiger partial charge >= 0.3 is 6.03 Å². The summed E-state index contributed by atoms with van der Waals surface area (Å²) >= 11 is 5.90. The fourth-order valence-electron chi connectivity index (χ4n) is 4.20. The van der Waals surface area contributed by atoms with Crippen LogP contribution in [0.1, 0.15) is 36.0 Å². The monoisotopic (exact) mass is 454 g/mol. The highest BCUT2D eigenvalue weighted by molar-refractivity contribution is 6.30. The molecule has 2 aliphatic rings. The van der Waals surface area contributed by atoms with E-state index in [1.807, 2.05) is 9.80 Å². The molecule has 32 heavy (non-hydrogen) atoms. The van der Waals surface area contributed by atoms with E-state index in [1.54, 1.807) is 48.5 Å². The standard InChI is InChI=1S/C24H27ClN4O3/c25-18-7-9-19(10-8-18)26-23(31)20-5-1-2-6-21(20)27-22(30)17-11-15-29(16-12-17)24(32)28-13-3-4-14-28/h1-2,5-10,17H,3-4,11-16H2,(H,26,31)(H,27,30). The molecule has 2 saturated heterocycles. The Balaban J connectivity index is 1.35. The van der Waals surface area contributed by atoms with Gasteiger partial charge in [-0.2, -0.15) is 0 Å². The molecule has 0 spiro atoms. The van der Waals surface area contributed by atoms with E-state index in [0.717, 1.165) is 25.9 Å². The number of piperidine rings is 1. The quantitative estimate of drug-likeness (QED) is 0.715. The van der Waals surface area contributed by atoms with Gasteiger partial charge in [0.1, 0.15) is 0 Å². The van der Waals surface area contributed by atoms with Crippen LogP contribution in [0.2, 0.25) is 5.02 Å². The van der Waals surface area contributed by atoms with Gasteiger partial charge in [0.25, 0.3) is 5.91 Å². The summed E-state index contributed by atoms with van der Waals surface area (Å²) < 4.78 is 0. The third kappa shape index (κ3) is 5.22. The number of anilines is 2. The summed E-state index contributed by atoms with van der Waals surface area (Å²) in [6, 6.07) is 13.9. The van der Waals surface area contributed by atoms with Crippen molar-refractivity contribution in [3.63, 3.8) is 0 Å². The maximum absolute atomic E-state index is 12.9. The van der Waals surface area contributed by atoms with Crippen LogP contribution in [0.5, 0.6) is 0 Å². The van der Waals surface area contributed by atoms with Crippen molar-refractivity contribution in [3.05, 3.63) is 59.1 Å². The highest BCUT2D eigenvalue weighted by Gasteiger charge is 2.30. The van der Waals surface area contributed by atoms with E-state index in [-0.39, 0.29) is 23.8 Å². The first kappa shape index (κ1) is 22.1. The molecule has 0 atom stereocenters. The largest absolute Gasteiger partial charge is 0.325 e. The Kier molecular flexibility index (Phi) is 6.95. The number of para-hydroxylation sites is 1. The van der Waals surface area contributed by atoms with Crippen LogP contribution in [0, 0.1) is 5.92 Å². The molecule has 0 aromatic heterocycles. The molecular formula is C24H27ClN4O3. The molecular weight excluding hydrogens is 428 g/mol. The lowest BCUT2D eigenvalue weighted by molar-refractivity contribution is -0.121. The summed E-state index contributed by atoms with van der Waals surface area (Å²) in [7, 11) is 0. The van der Waals surface area contributed by atoms with Crippen molar-refractivity contribution in [1.29, 1.82) is 0 Å². The summed E-state index contributed by atoms with van der Waals surface area (Å²) in [4.78, 5) is 42.0. The Morgan fingerprint density at radius 3 is 2.12 bits per heavy atom. The molecule has 2 heterocycles. The Bertz CT molecular complexity index is 981. The number of nitrogens with one attached hydrogen (secondary N) is 2. The van der Waals surface area contributed by atoms with Crippen LogP contribution in [-0.2, 0) is 4.79 Å². The smallest absolute Gasteiger partial charge is 0.319 e. The summed E-state index contributed by atoms with van der Waals surface area (Å²) in [5.41, 5.74) is 1.48. The van der Waals surface area contributed by atoms with Gasteiger partial charge in [0.15, 0.2) is 0 Å². The molecule has 0 aliphatic carbocycles. The van der Waals surface area contributed by atoms with Gasteiger partial charge < -0.3 is 20.4 Å². The van der Waals surface area contributed by atoms with Gasteiger partial charge in [-0.3, -0.25) is 9.59 Å². The lowest BCUT2D eigenvalue weighted by Crippen LogP contribution is -2.47. The van der Waals surface area contributed by atoms with E-state index < -0.39 is 0 Å². The molecule has 2 N–H and O–H groups in total. The van der Waals surface area contributed by atoms with E-state index in [2.05, 4.69) is 10.6 Å².